The number of carbonyl (C=O) groups excluding carboxylic acids is 1. The van der Waals surface area contributed by atoms with E-state index in [0.717, 1.165) is 11.3 Å². The van der Waals surface area contributed by atoms with Crippen molar-refractivity contribution in [3.63, 3.8) is 0 Å². The Labute approximate surface area is 175 Å². The van der Waals surface area contributed by atoms with Crippen LogP contribution in [-0.2, 0) is 16.6 Å². The van der Waals surface area contributed by atoms with Crippen LogP contribution in [-0.4, -0.2) is 48.0 Å². The van der Waals surface area contributed by atoms with Gasteiger partial charge in [0, 0.05) is 42.3 Å². The molecule has 7 nitrogen and oxygen atoms in total. The maximum atomic E-state index is 12.5. The first-order chi connectivity index (χ1) is 14.0. The first-order valence-corrected chi connectivity index (χ1v) is 11.8. The van der Waals surface area contributed by atoms with Crippen LogP contribution in [0.2, 0.25) is 0 Å². The maximum Gasteiger partial charge on any atom is 0.251 e. The van der Waals surface area contributed by atoms with Gasteiger partial charge in [-0.25, -0.2) is 8.42 Å². The van der Waals surface area contributed by atoms with Crippen LogP contribution in [0.1, 0.15) is 24.2 Å². The minimum absolute atomic E-state index is 0.190. The predicted molar refractivity (Wildman–Crippen MR) is 114 cm³/mol. The average Bonchev–Trinajstić information content (AvgIpc) is 3.40. The number of hydrogen-bond acceptors (Lipinski definition) is 5. The second kappa shape index (κ2) is 9.34. The van der Waals surface area contributed by atoms with Crippen LogP contribution in [0.3, 0.4) is 0 Å². The fourth-order valence-electron chi connectivity index (χ4n) is 2.93. The number of thiophene rings is 1. The molecule has 0 unspecified atom stereocenters. The van der Waals surface area contributed by atoms with Crippen LogP contribution >= 0.6 is 11.3 Å². The van der Waals surface area contributed by atoms with Gasteiger partial charge in [-0.3, -0.25) is 9.48 Å². The summed E-state index contributed by atoms with van der Waals surface area (Å²) < 4.78 is 28.2. The Bertz CT molecular complexity index is 1040. The Hall–Kier alpha value is -2.49. The molecule has 0 atom stereocenters. The summed E-state index contributed by atoms with van der Waals surface area (Å²) in [5.41, 5.74) is 2.41. The van der Waals surface area contributed by atoms with E-state index in [0.29, 0.717) is 31.7 Å². The van der Waals surface area contributed by atoms with E-state index in [1.807, 2.05) is 29.1 Å². The molecule has 0 aliphatic rings. The van der Waals surface area contributed by atoms with E-state index in [1.54, 1.807) is 29.9 Å². The van der Waals surface area contributed by atoms with Crippen molar-refractivity contribution in [3.05, 3.63) is 58.9 Å². The zero-order valence-corrected chi connectivity index (χ0v) is 18.0. The molecular formula is C20H24N4O3S2. The Morgan fingerprint density at radius 3 is 2.48 bits per heavy atom. The van der Waals surface area contributed by atoms with Gasteiger partial charge >= 0.3 is 0 Å². The van der Waals surface area contributed by atoms with E-state index in [2.05, 4.69) is 10.4 Å². The van der Waals surface area contributed by atoms with Crippen LogP contribution in [0.15, 0.2) is 58.3 Å². The molecule has 0 fully saturated rings. The first kappa shape index (κ1) is 21.2. The average molecular weight is 433 g/mol. The number of rotatable bonds is 9. The molecule has 0 saturated carbocycles. The first-order valence-electron chi connectivity index (χ1n) is 9.40. The van der Waals surface area contributed by atoms with Gasteiger partial charge in [0.15, 0.2) is 0 Å². The molecule has 0 aliphatic carbocycles. The number of carbonyl (C=O) groups is 1. The number of aromatic nitrogens is 2. The molecule has 29 heavy (non-hydrogen) atoms. The highest BCUT2D eigenvalue weighted by Crippen LogP contribution is 2.19. The second-order valence-corrected chi connectivity index (χ2v) is 9.06. The van der Waals surface area contributed by atoms with E-state index >= 15 is 0 Å². The van der Waals surface area contributed by atoms with Gasteiger partial charge in [0.2, 0.25) is 10.0 Å². The summed E-state index contributed by atoms with van der Waals surface area (Å²) in [5, 5.41) is 11.4. The van der Waals surface area contributed by atoms with Crippen molar-refractivity contribution in [2.45, 2.75) is 25.3 Å². The molecule has 0 aliphatic heterocycles. The lowest BCUT2D eigenvalue weighted by atomic mass is 10.2. The van der Waals surface area contributed by atoms with Gasteiger partial charge in [0.25, 0.3) is 5.91 Å². The molecule has 1 aromatic carbocycles. The SMILES string of the molecule is CCN(CC)S(=O)(=O)c1ccc(C(=O)NCCn2ccc(-c3ccsc3)n2)cc1. The zero-order chi connectivity index (χ0) is 20.9. The normalized spacial score (nSPS) is 11.7. The highest BCUT2D eigenvalue weighted by molar-refractivity contribution is 7.89. The lowest BCUT2D eigenvalue weighted by Gasteiger charge is -2.18. The van der Waals surface area contributed by atoms with Gasteiger partial charge < -0.3 is 5.32 Å². The molecule has 9 heteroatoms. The van der Waals surface area contributed by atoms with Crippen LogP contribution in [0.25, 0.3) is 11.3 Å². The minimum Gasteiger partial charge on any atom is -0.350 e. The topological polar surface area (TPSA) is 84.3 Å². The van der Waals surface area contributed by atoms with Gasteiger partial charge in [0.05, 0.1) is 17.1 Å². The Balaban J connectivity index is 1.56. The van der Waals surface area contributed by atoms with E-state index in [1.165, 1.54) is 28.6 Å². The molecule has 2 aromatic heterocycles. The van der Waals surface area contributed by atoms with Crippen molar-refractivity contribution in [1.29, 1.82) is 0 Å². The lowest BCUT2D eigenvalue weighted by Crippen LogP contribution is -2.30. The fourth-order valence-corrected chi connectivity index (χ4v) is 5.03. The monoisotopic (exact) mass is 432 g/mol. The molecule has 1 N–H and O–H groups in total. The summed E-state index contributed by atoms with van der Waals surface area (Å²) >= 11 is 1.62. The fraction of sp³-hybridized carbons (Fsp3) is 0.300. The van der Waals surface area contributed by atoms with E-state index in [4.69, 9.17) is 0 Å². The standard InChI is InChI=1S/C20H24N4O3S2/c1-3-24(4-2)29(26,27)18-7-5-16(6-8-18)20(25)21-11-13-23-12-9-19(22-23)17-10-14-28-15-17/h5-10,12,14-15H,3-4,11,13H2,1-2H3,(H,21,25). The van der Waals surface area contributed by atoms with E-state index in [-0.39, 0.29) is 10.8 Å². The molecule has 0 radical (unpaired) electrons. The summed E-state index contributed by atoms with van der Waals surface area (Å²) in [6.45, 7) is 5.37. The summed E-state index contributed by atoms with van der Waals surface area (Å²) in [7, 11) is -3.52. The highest BCUT2D eigenvalue weighted by atomic mass is 32.2. The van der Waals surface area contributed by atoms with Crippen molar-refractivity contribution < 1.29 is 13.2 Å². The van der Waals surface area contributed by atoms with Gasteiger partial charge in [-0.2, -0.15) is 20.7 Å². The Morgan fingerprint density at radius 2 is 1.86 bits per heavy atom. The third-order valence-corrected chi connectivity index (χ3v) is 7.29. The highest BCUT2D eigenvalue weighted by Gasteiger charge is 2.21. The third-order valence-electron chi connectivity index (χ3n) is 4.54. The minimum atomic E-state index is -3.52. The van der Waals surface area contributed by atoms with Crippen molar-refractivity contribution in [1.82, 2.24) is 19.4 Å². The molecular weight excluding hydrogens is 408 g/mol. The number of benzene rings is 1. The molecule has 2 heterocycles. The largest absolute Gasteiger partial charge is 0.350 e. The molecule has 0 spiro atoms. The number of nitrogens with one attached hydrogen (secondary N) is 1. The summed E-state index contributed by atoms with van der Waals surface area (Å²) in [6.07, 6.45) is 1.88. The van der Waals surface area contributed by atoms with Gasteiger partial charge in [-0.05, 0) is 41.8 Å². The van der Waals surface area contributed by atoms with Crippen LogP contribution in [0, 0.1) is 0 Å². The molecule has 3 aromatic rings. The van der Waals surface area contributed by atoms with Crippen molar-refractivity contribution in [2.24, 2.45) is 0 Å². The van der Waals surface area contributed by atoms with Crippen molar-refractivity contribution in [2.75, 3.05) is 19.6 Å². The number of nitrogens with zero attached hydrogens (tertiary/aromatic N) is 3. The molecule has 3 rings (SSSR count). The Kier molecular flexibility index (Phi) is 6.83. The maximum absolute atomic E-state index is 12.5. The van der Waals surface area contributed by atoms with E-state index < -0.39 is 10.0 Å². The Morgan fingerprint density at radius 1 is 1.14 bits per heavy atom. The van der Waals surface area contributed by atoms with Crippen LogP contribution in [0.5, 0.6) is 0 Å². The summed E-state index contributed by atoms with van der Waals surface area (Å²) in [4.78, 5) is 12.5. The van der Waals surface area contributed by atoms with Gasteiger partial charge in [0.1, 0.15) is 0 Å². The van der Waals surface area contributed by atoms with Gasteiger partial charge in [-0.1, -0.05) is 13.8 Å². The second-order valence-electron chi connectivity index (χ2n) is 6.35. The number of hydrogen-bond donors (Lipinski definition) is 1. The van der Waals surface area contributed by atoms with Crippen LogP contribution < -0.4 is 5.32 Å². The molecule has 154 valence electrons. The lowest BCUT2D eigenvalue weighted by molar-refractivity contribution is 0.0952. The molecule has 1 amide bonds. The van der Waals surface area contributed by atoms with E-state index in [9.17, 15) is 13.2 Å². The smallest absolute Gasteiger partial charge is 0.251 e. The predicted octanol–water partition coefficient (Wildman–Crippen LogP) is 3.07. The number of sulfonamides is 1. The summed E-state index contributed by atoms with van der Waals surface area (Å²) in [6, 6.07) is 9.98. The van der Waals surface area contributed by atoms with Crippen molar-refractivity contribution >= 4 is 27.3 Å². The number of amides is 1. The van der Waals surface area contributed by atoms with Crippen molar-refractivity contribution in [3.8, 4) is 11.3 Å². The third kappa shape index (κ3) is 4.92. The van der Waals surface area contributed by atoms with Gasteiger partial charge in [-0.15, -0.1) is 0 Å². The summed E-state index contributed by atoms with van der Waals surface area (Å²) in [5.74, 6) is -0.248. The zero-order valence-electron chi connectivity index (χ0n) is 16.4. The molecule has 0 bridgehead atoms. The quantitative estimate of drug-likeness (QED) is 0.563. The van der Waals surface area contributed by atoms with Crippen LogP contribution in [0.4, 0.5) is 0 Å². The molecule has 0 saturated heterocycles.